The first-order valence-corrected chi connectivity index (χ1v) is 12.5. The van der Waals surface area contributed by atoms with Gasteiger partial charge < -0.3 is 19.3 Å². The molecule has 2 rings (SSSR count). The van der Waals surface area contributed by atoms with Crippen LogP contribution in [0.25, 0.3) is 0 Å². The van der Waals surface area contributed by atoms with Gasteiger partial charge in [-0.3, -0.25) is 9.36 Å². The van der Waals surface area contributed by atoms with Crippen molar-refractivity contribution >= 4 is 13.9 Å². The van der Waals surface area contributed by atoms with Gasteiger partial charge in [0.2, 0.25) is 0 Å². The van der Waals surface area contributed by atoms with E-state index in [2.05, 4.69) is 0 Å². The predicted molar refractivity (Wildman–Crippen MR) is 117 cm³/mol. The largest absolute Gasteiger partial charge is 0.393 e. The lowest BCUT2D eigenvalue weighted by Gasteiger charge is -2.25. The number of allylic oxidation sites excluding steroid dienone is 2. The lowest BCUT2D eigenvalue weighted by molar-refractivity contribution is -0.104. The predicted octanol–water partition coefficient (Wildman–Crippen LogP) is 4.15. The van der Waals surface area contributed by atoms with E-state index in [1.165, 1.54) is 13.2 Å². The fourth-order valence-electron chi connectivity index (χ4n) is 4.10. The number of unbranched alkanes of at least 4 members (excludes halogenated alkanes) is 3. The van der Waals surface area contributed by atoms with Crippen LogP contribution < -0.4 is 0 Å². The zero-order valence-electron chi connectivity index (χ0n) is 17.8. The molecule has 1 aromatic rings. The average Bonchev–Trinajstić information content (AvgIpc) is 3.03. The maximum atomic E-state index is 13.0. The molecule has 1 aromatic carbocycles. The molecule has 0 saturated heterocycles. The zero-order valence-corrected chi connectivity index (χ0v) is 18.7. The Balaban J connectivity index is 1.82. The zero-order chi connectivity index (χ0) is 21.8. The third-order valence-corrected chi connectivity index (χ3v) is 7.77. The van der Waals surface area contributed by atoms with Crippen LogP contribution in [0, 0.1) is 11.8 Å². The molecule has 0 bridgehead atoms. The van der Waals surface area contributed by atoms with Crippen molar-refractivity contribution in [3.63, 3.8) is 0 Å². The summed E-state index contributed by atoms with van der Waals surface area (Å²) in [7, 11) is -1.88. The third-order valence-electron chi connectivity index (χ3n) is 5.90. The number of hydrogen-bond donors (Lipinski definition) is 2. The lowest BCUT2D eigenvalue weighted by atomic mass is 9.89. The van der Waals surface area contributed by atoms with Gasteiger partial charge in [0.15, 0.2) is 0 Å². The van der Waals surface area contributed by atoms with Gasteiger partial charge in [-0.05, 0) is 49.7 Å². The number of aryl methyl sites for hydroxylation is 1. The van der Waals surface area contributed by atoms with Gasteiger partial charge >= 0.3 is 7.60 Å². The van der Waals surface area contributed by atoms with Crippen LogP contribution in [0.1, 0.15) is 44.1 Å². The normalized spacial score (nSPS) is 26.1. The molecular weight excluding hydrogens is 403 g/mol. The fourth-order valence-corrected chi connectivity index (χ4v) is 5.45. The summed E-state index contributed by atoms with van der Waals surface area (Å²) in [5.41, 5.74) is 1.07. The molecule has 0 radical (unpaired) electrons. The summed E-state index contributed by atoms with van der Waals surface area (Å²) in [5.74, 6) is -0.333. The van der Waals surface area contributed by atoms with E-state index in [1.54, 1.807) is 0 Å². The lowest BCUT2D eigenvalue weighted by Crippen LogP contribution is -2.26. The number of carbonyl (C=O) groups excluding carboxylic acids is 1. The summed E-state index contributed by atoms with van der Waals surface area (Å²) in [5, 5.41) is 20.8. The summed E-state index contributed by atoms with van der Waals surface area (Å²) in [4.78, 5) is 10.3. The van der Waals surface area contributed by atoms with Crippen molar-refractivity contribution in [2.45, 2.75) is 57.2 Å². The first kappa shape index (κ1) is 25.0. The number of hydrogen-bond acceptors (Lipinski definition) is 6. The Kier molecular flexibility index (Phi) is 11.0. The topological polar surface area (TPSA) is 93.1 Å². The minimum absolute atomic E-state index is 0.0788. The number of benzene rings is 1. The number of aliphatic hydroxyl groups is 2. The van der Waals surface area contributed by atoms with Crippen LogP contribution in [0.15, 0.2) is 42.5 Å². The number of aliphatic hydroxyl groups excluding tert-OH is 2. The van der Waals surface area contributed by atoms with Crippen molar-refractivity contribution in [3.05, 3.63) is 48.0 Å². The van der Waals surface area contributed by atoms with Crippen LogP contribution in [0.2, 0.25) is 0 Å². The Morgan fingerprint density at radius 3 is 2.53 bits per heavy atom. The molecule has 0 aromatic heterocycles. The van der Waals surface area contributed by atoms with Gasteiger partial charge in [0.1, 0.15) is 6.29 Å². The van der Waals surface area contributed by atoms with Crippen LogP contribution in [0.4, 0.5) is 0 Å². The highest BCUT2D eigenvalue weighted by Crippen LogP contribution is 2.49. The van der Waals surface area contributed by atoms with Gasteiger partial charge in [-0.1, -0.05) is 49.2 Å². The quantitative estimate of drug-likeness (QED) is 0.196. The Labute approximate surface area is 179 Å². The molecular formula is C23H35O6P. The maximum absolute atomic E-state index is 13.0. The van der Waals surface area contributed by atoms with Crippen molar-refractivity contribution < 1.29 is 28.6 Å². The summed E-state index contributed by atoms with van der Waals surface area (Å²) in [6.45, 7) is 0.116. The minimum Gasteiger partial charge on any atom is -0.393 e. The fraction of sp³-hybridized carbons (Fsp3) is 0.609. The van der Waals surface area contributed by atoms with Crippen molar-refractivity contribution in [2.24, 2.45) is 11.8 Å². The molecule has 0 aliphatic heterocycles. The first-order valence-electron chi connectivity index (χ1n) is 10.8. The Morgan fingerprint density at radius 2 is 1.83 bits per heavy atom. The van der Waals surface area contributed by atoms with Crippen molar-refractivity contribution in [3.8, 4) is 0 Å². The van der Waals surface area contributed by atoms with Gasteiger partial charge in [0.05, 0.1) is 25.0 Å². The van der Waals surface area contributed by atoms with Crippen LogP contribution in [-0.4, -0.2) is 48.6 Å². The molecule has 7 heteroatoms. The molecule has 1 saturated carbocycles. The van der Waals surface area contributed by atoms with E-state index in [4.69, 9.17) is 9.05 Å². The second kappa shape index (κ2) is 13.2. The van der Waals surface area contributed by atoms with E-state index in [-0.39, 0.29) is 24.6 Å². The highest BCUT2D eigenvalue weighted by atomic mass is 31.2. The van der Waals surface area contributed by atoms with Crippen molar-refractivity contribution in [1.82, 2.24) is 0 Å². The first-order chi connectivity index (χ1) is 14.5. The van der Waals surface area contributed by atoms with Crippen LogP contribution in [0.5, 0.6) is 0 Å². The highest BCUT2D eigenvalue weighted by Gasteiger charge is 2.42. The molecule has 0 amide bonds. The number of carbonyl (C=O) groups is 1. The summed E-state index contributed by atoms with van der Waals surface area (Å²) in [6, 6.07) is 9.76. The van der Waals surface area contributed by atoms with E-state index in [1.807, 2.05) is 36.4 Å². The maximum Gasteiger partial charge on any atom is 0.330 e. The second-order valence-corrected chi connectivity index (χ2v) is 10.2. The molecule has 5 unspecified atom stereocenters. The third kappa shape index (κ3) is 8.09. The Hall–Kier alpha value is -1.30. The van der Waals surface area contributed by atoms with Gasteiger partial charge in [0, 0.05) is 13.0 Å². The van der Waals surface area contributed by atoms with Crippen LogP contribution >= 0.6 is 7.60 Å². The van der Waals surface area contributed by atoms with E-state index in [0.29, 0.717) is 12.8 Å². The van der Waals surface area contributed by atoms with Crippen LogP contribution in [0.3, 0.4) is 0 Å². The van der Waals surface area contributed by atoms with E-state index >= 15 is 0 Å². The number of rotatable bonds is 14. The summed E-state index contributed by atoms with van der Waals surface area (Å²) in [6.07, 6.45) is 8.63. The molecule has 6 nitrogen and oxygen atoms in total. The average molecular weight is 439 g/mol. The molecule has 168 valence electrons. The Morgan fingerprint density at radius 1 is 1.10 bits per heavy atom. The highest BCUT2D eigenvalue weighted by molar-refractivity contribution is 7.53. The van der Waals surface area contributed by atoms with E-state index in [0.717, 1.165) is 44.0 Å². The second-order valence-electron chi connectivity index (χ2n) is 7.95. The summed E-state index contributed by atoms with van der Waals surface area (Å²) < 4.78 is 23.9. The van der Waals surface area contributed by atoms with E-state index in [9.17, 15) is 19.6 Å². The van der Waals surface area contributed by atoms with Gasteiger partial charge in [-0.15, -0.1) is 0 Å². The minimum atomic E-state index is -3.27. The number of aldehydes is 1. The molecule has 2 N–H and O–H groups in total. The van der Waals surface area contributed by atoms with E-state index < -0.39 is 19.8 Å². The molecule has 30 heavy (non-hydrogen) atoms. The van der Waals surface area contributed by atoms with Crippen molar-refractivity contribution in [2.75, 3.05) is 19.9 Å². The molecule has 1 aliphatic rings. The van der Waals surface area contributed by atoms with Crippen molar-refractivity contribution in [1.29, 1.82) is 0 Å². The Bertz CT molecular complexity index is 692. The molecule has 0 spiro atoms. The molecule has 5 atom stereocenters. The monoisotopic (exact) mass is 438 g/mol. The van der Waals surface area contributed by atoms with Gasteiger partial charge in [-0.2, -0.15) is 0 Å². The molecule has 1 fully saturated rings. The smallest absolute Gasteiger partial charge is 0.330 e. The SMILES string of the molecule is COP(=O)(CCc1ccccc1)OCC1C(O)CC(O)C1CCCCCC=CC=O. The van der Waals surface area contributed by atoms with Crippen LogP contribution in [-0.2, 0) is 24.8 Å². The molecule has 1 aliphatic carbocycles. The molecule has 0 heterocycles. The standard InChI is InChI=1S/C23H35O6P/c1-28-30(27,16-14-19-11-7-6-8-12-19)29-18-21-20(22(25)17-23(21)26)13-9-4-2-3-5-10-15-24/h5-8,10-12,15,20-23,25-26H,2-4,9,13-14,16-18H2,1H3. The van der Waals surface area contributed by atoms with Gasteiger partial charge in [-0.25, -0.2) is 0 Å². The van der Waals surface area contributed by atoms with Gasteiger partial charge in [0.25, 0.3) is 0 Å². The summed E-state index contributed by atoms with van der Waals surface area (Å²) >= 11 is 0.